The number of carbonyl (C=O) groups excluding carboxylic acids is 2. The Kier molecular flexibility index (Phi) is 5.09. The van der Waals surface area contributed by atoms with Crippen molar-refractivity contribution in [2.24, 2.45) is 0 Å². The normalized spacial score (nSPS) is 16.4. The summed E-state index contributed by atoms with van der Waals surface area (Å²) in [5.74, 6) is -0.436. The topological polar surface area (TPSA) is 113 Å². The van der Waals surface area contributed by atoms with E-state index in [1.54, 1.807) is 31.2 Å². The summed E-state index contributed by atoms with van der Waals surface area (Å²) in [6, 6.07) is 11.2. The summed E-state index contributed by atoms with van der Waals surface area (Å²) in [5, 5.41) is 19.3. The summed E-state index contributed by atoms with van der Waals surface area (Å²) < 4.78 is 0. The van der Waals surface area contributed by atoms with E-state index in [4.69, 9.17) is 11.6 Å². The molecule has 8 nitrogen and oxygen atoms in total. The van der Waals surface area contributed by atoms with Crippen LogP contribution in [0.5, 0.6) is 0 Å². The fourth-order valence-electron chi connectivity index (χ4n) is 2.77. The number of nitro benzene ring substituents is 1. The Morgan fingerprint density at radius 2 is 1.78 bits per heavy atom. The molecule has 138 valence electrons. The molecule has 1 atom stereocenters. The van der Waals surface area contributed by atoms with Crippen molar-refractivity contribution in [2.45, 2.75) is 13.0 Å². The molecule has 0 spiro atoms. The van der Waals surface area contributed by atoms with Gasteiger partial charge in [-0.25, -0.2) is 4.79 Å². The number of anilines is 1. The maximum atomic E-state index is 12.8. The van der Waals surface area contributed by atoms with Gasteiger partial charge in [-0.1, -0.05) is 23.7 Å². The van der Waals surface area contributed by atoms with Crippen molar-refractivity contribution in [1.29, 1.82) is 0 Å². The van der Waals surface area contributed by atoms with Gasteiger partial charge in [0.2, 0.25) is 0 Å². The zero-order valence-corrected chi connectivity index (χ0v) is 14.9. The number of allylic oxidation sites excluding steroid dienone is 1. The molecule has 0 unspecified atom stereocenters. The van der Waals surface area contributed by atoms with Crippen LogP contribution in [-0.4, -0.2) is 16.9 Å². The van der Waals surface area contributed by atoms with Crippen molar-refractivity contribution in [2.75, 3.05) is 5.32 Å². The number of nitro groups is 1. The molecule has 3 N–H and O–H groups in total. The van der Waals surface area contributed by atoms with Crippen LogP contribution < -0.4 is 16.0 Å². The second-order valence-electron chi connectivity index (χ2n) is 5.88. The Hall–Kier alpha value is -3.39. The van der Waals surface area contributed by atoms with Gasteiger partial charge in [0.1, 0.15) is 0 Å². The molecule has 1 aliphatic rings. The van der Waals surface area contributed by atoms with Crippen molar-refractivity contribution < 1.29 is 14.5 Å². The fourth-order valence-corrected chi connectivity index (χ4v) is 2.89. The zero-order chi connectivity index (χ0) is 19.6. The van der Waals surface area contributed by atoms with E-state index in [0.717, 1.165) is 0 Å². The predicted molar refractivity (Wildman–Crippen MR) is 100 cm³/mol. The lowest BCUT2D eigenvalue weighted by atomic mass is 9.95. The van der Waals surface area contributed by atoms with E-state index in [1.807, 2.05) is 0 Å². The summed E-state index contributed by atoms with van der Waals surface area (Å²) in [6.45, 7) is 1.63. The zero-order valence-electron chi connectivity index (χ0n) is 14.2. The van der Waals surface area contributed by atoms with E-state index in [0.29, 0.717) is 27.5 Å². The molecule has 3 amide bonds. The van der Waals surface area contributed by atoms with Crippen molar-refractivity contribution in [3.8, 4) is 0 Å². The van der Waals surface area contributed by atoms with Crippen molar-refractivity contribution >= 4 is 34.9 Å². The van der Waals surface area contributed by atoms with Crippen molar-refractivity contribution in [3.63, 3.8) is 0 Å². The first-order chi connectivity index (χ1) is 12.8. The number of nitrogens with zero attached hydrogens (tertiary/aromatic N) is 1. The van der Waals surface area contributed by atoms with Crippen LogP contribution in [0.15, 0.2) is 59.8 Å². The third kappa shape index (κ3) is 4.06. The molecule has 0 aromatic heterocycles. The minimum Gasteiger partial charge on any atom is -0.327 e. The molecule has 0 bridgehead atoms. The smallest absolute Gasteiger partial charge is 0.319 e. The lowest BCUT2D eigenvalue weighted by Crippen LogP contribution is -2.45. The molecule has 27 heavy (non-hydrogen) atoms. The van der Waals surface area contributed by atoms with Crippen LogP contribution in [-0.2, 0) is 4.79 Å². The number of nitrogens with one attached hydrogen (secondary N) is 3. The van der Waals surface area contributed by atoms with Gasteiger partial charge in [-0.2, -0.15) is 0 Å². The van der Waals surface area contributed by atoms with E-state index < -0.39 is 22.9 Å². The number of benzene rings is 2. The lowest BCUT2D eigenvalue weighted by Gasteiger charge is -2.28. The van der Waals surface area contributed by atoms with E-state index >= 15 is 0 Å². The number of amides is 3. The number of non-ortho nitro benzene ring substituents is 1. The quantitative estimate of drug-likeness (QED) is 0.551. The van der Waals surface area contributed by atoms with Gasteiger partial charge in [-0.05, 0) is 36.8 Å². The maximum Gasteiger partial charge on any atom is 0.319 e. The van der Waals surface area contributed by atoms with Gasteiger partial charge in [0.25, 0.3) is 11.6 Å². The highest BCUT2D eigenvalue weighted by atomic mass is 35.5. The van der Waals surface area contributed by atoms with Crippen LogP contribution in [0.2, 0.25) is 5.02 Å². The number of hydrogen-bond acceptors (Lipinski definition) is 4. The minimum absolute atomic E-state index is 0.0750. The summed E-state index contributed by atoms with van der Waals surface area (Å²) in [7, 11) is 0. The first-order valence-corrected chi connectivity index (χ1v) is 8.32. The monoisotopic (exact) mass is 386 g/mol. The Balaban J connectivity index is 1.89. The standard InChI is InChI=1S/C18H15ClN4O4/c1-10-15(17(24)21-13-6-8-14(9-7-13)23(26)27)16(22-18(25)20-10)11-2-4-12(19)5-3-11/h2-9,16H,1H3,(H,21,24)(H2,20,22,25)/t16-/m0/s1. The first-order valence-electron chi connectivity index (χ1n) is 7.94. The van der Waals surface area contributed by atoms with E-state index in [9.17, 15) is 19.7 Å². The predicted octanol–water partition coefficient (Wildman–Crippen LogP) is 3.51. The summed E-state index contributed by atoms with van der Waals surface area (Å²) in [5.41, 5.74) is 1.77. The van der Waals surface area contributed by atoms with Crippen LogP contribution >= 0.6 is 11.6 Å². The summed E-state index contributed by atoms with van der Waals surface area (Å²) in [6.07, 6.45) is 0. The van der Waals surface area contributed by atoms with Gasteiger partial charge in [-0.15, -0.1) is 0 Å². The number of rotatable bonds is 4. The Morgan fingerprint density at radius 3 is 2.37 bits per heavy atom. The highest BCUT2D eigenvalue weighted by molar-refractivity contribution is 6.30. The molecular weight excluding hydrogens is 372 g/mol. The Bertz CT molecular complexity index is 939. The molecule has 1 heterocycles. The maximum absolute atomic E-state index is 12.8. The molecule has 1 aliphatic heterocycles. The second kappa shape index (κ2) is 7.46. The average Bonchev–Trinajstić information content (AvgIpc) is 2.62. The van der Waals surface area contributed by atoms with Crippen LogP contribution in [0.25, 0.3) is 0 Å². The van der Waals surface area contributed by atoms with Crippen LogP contribution in [0, 0.1) is 10.1 Å². The van der Waals surface area contributed by atoms with Gasteiger partial charge in [0.15, 0.2) is 0 Å². The van der Waals surface area contributed by atoms with Crippen LogP contribution in [0.1, 0.15) is 18.5 Å². The molecule has 0 aliphatic carbocycles. The molecule has 0 saturated carbocycles. The van der Waals surface area contributed by atoms with Gasteiger partial charge in [0.05, 0.1) is 16.5 Å². The van der Waals surface area contributed by atoms with Crippen molar-refractivity contribution in [3.05, 3.63) is 80.5 Å². The average molecular weight is 387 g/mol. The van der Waals surface area contributed by atoms with E-state index in [2.05, 4.69) is 16.0 Å². The minimum atomic E-state index is -0.658. The Morgan fingerprint density at radius 1 is 1.15 bits per heavy atom. The highest BCUT2D eigenvalue weighted by Crippen LogP contribution is 2.28. The van der Waals surface area contributed by atoms with Crippen molar-refractivity contribution in [1.82, 2.24) is 10.6 Å². The first kappa shape index (κ1) is 18.4. The summed E-state index contributed by atoms with van der Waals surface area (Å²) in [4.78, 5) is 34.9. The van der Waals surface area contributed by atoms with E-state index in [-0.39, 0.29) is 5.69 Å². The van der Waals surface area contributed by atoms with Gasteiger partial charge in [-0.3, -0.25) is 14.9 Å². The molecule has 2 aromatic rings. The third-order valence-electron chi connectivity index (χ3n) is 4.05. The summed E-state index contributed by atoms with van der Waals surface area (Å²) >= 11 is 5.91. The van der Waals surface area contributed by atoms with Crippen LogP contribution in [0.4, 0.5) is 16.2 Å². The largest absolute Gasteiger partial charge is 0.327 e. The highest BCUT2D eigenvalue weighted by Gasteiger charge is 2.31. The van der Waals surface area contributed by atoms with Crippen LogP contribution in [0.3, 0.4) is 0 Å². The molecule has 0 fully saturated rings. The van der Waals surface area contributed by atoms with Gasteiger partial charge < -0.3 is 16.0 Å². The van der Waals surface area contributed by atoms with Gasteiger partial charge in [0, 0.05) is 28.5 Å². The third-order valence-corrected chi connectivity index (χ3v) is 4.31. The number of halogens is 1. The molecule has 3 rings (SSSR count). The number of hydrogen-bond donors (Lipinski definition) is 3. The molecule has 0 saturated heterocycles. The Labute approximate surface area is 159 Å². The fraction of sp³-hybridized carbons (Fsp3) is 0.111. The molecule has 2 aromatic carbocycles. The number of carbonyl (C=O) groups is 2. The molecule has 9 heteroatoms. The van der Waals surface area contributed by atoms with E-state index in [1.165, 1.54) is 24.3 Å². The number of urea groups is 1. The molecular formula is C18H15ClN4O4. The SMILES string of the molecule is CC1=C(C(=O)Nc2ccc([N+](=O)[O-])cc2)[C@H](c2ccc(Cl)cc2)NC(=O)N1. The lowest BCUT2D eigenvalue weighted by molar-refractivity contribution is -0.384. The second-order valence-corrected chi connectivity index (χ2v) is 6.32. The van der Waals surface area contributed by atoms with Gasteiger partial charge >= 0.3 is 6.03 Å². The molecule has 0 radical (unpaired) electrons.